The molecule has 6 nitrogen and oxygen atoms in total. The van der Waals surface area contributed by atoms with Gasteiger partial charge in [0.1, 0.15) is 18.2 Å². The number of anilines is 1. The highest BCUT2D eigenvalue weighted by Gasteiger charge is 2.02. The molecule has 0 bridgehead atoms. The van der Waals surface area contributed by atoms with Gasteiger partial charge in [-0.25, -0.2) is 15.0 Å². The lowest BCUT2D eigenvalue weighted by atomic mass is 10.2. The maximum absolute atomic E-state index is 5.64. The predicted molar refractivity (Wildman–Crippen MR) is 87.1 cm³/mol. The predicted octanol–water partition coefficient (Wildman–Crippen LogP) is 2.04. The van der Waals surface area contributed by atoms with E-state index >= 15 is 0 Å². The van der Waals surface area contributed by atoms with Crippen molar-refractivity contribution in [1.29, 1.82) is 0 Å². The molecule has 2 aromatic rings. The largest absolute Gasteiger partial charge is 0.476 e. The minimum Gasteiger partial charge on any atom is -0.476 e. The number of aromatic nitrogens is 3. The molecule has 0 amide bonds. The van der Waals surface area contributed by atoms with Crippen molar-refractivity contribution >= 4 is 5.82 Å². The molecule has 0 atom stereocenters. The molecule has 0 radical (unpaired) electrons. The van der Waals surface area contributed by atoms with Crippen LogP contribution < -0.4 is 10.1 Å². The smallest absolute Gasteiger partial charge is 0.213 e. The van der Waals surface area contributed by atoms with Crippen molar-refractivity contribution in [2.24, 2.45) is 0 Å². The summed E-state index contributed by atoms with van der Waals surface area (Å²) in [5, 5.41) is 3.30. The highest BCUT2D eigenvalue weighted by molar-refractivity contribution is 5.37. The molecule has 0 spiro atoms. The molecule has 0 aliphatic carbocycles. The number of nitrogens with zero attached hydrogens (tertiary/aromatic N) is 4. The molecule has 0 fully saturated rings. The van der Waals surface area contributed by atoms with Crippen molar-refractivity contribution in [1.82, 2.24) is 19.9 Å². The van der Waals surface area contributed by atoms with Crippen LogP contribution in [-0.2, 0) is 6.54 Å². The Hall–Kier alpha value is -2.21. The third-order valence-corrected chi connectivity index (χ3v) is 3.03. The number of likely N-dealkylation sites (N-methyl/N-ethyl adjacent to an activating group) is 1. The highest BCUT2D eigenvalue weighted by Crippen LogP contribution is 2.12. The van der Waals surface area contributed by atoms with Gasteiger partial charge in [-0.3, -0.25) is 0 Å². The number of ether oxygens (including phenoxy) is 1. The lowest BCUT2D eigenvalue weighted by Gasteiger charge is -2.11. The van der Waals surface area contributed by atoms with Crippen molar-refractivity contribution in [3.63, 3.8) is 0 Å². The normalized spacial score (nSPS) is 10.8. The maximum atomic E-state index is 5.64. The zero-order valence-corrected chi connectivity index (χ0v) is 13.6. The van der Waals surface area contributed by atoms with E-state index in [4.69, 9.17) is 4.74 Å². The van der Waals surface area contributed by atoms with Crippen molar-refractivity contribution < 1.29 is 4.74 Å². The summed E-state index contributed by atoms with van der Waals surface area (Å²) in [6, 6.07) is 5.85. The van der Waals surface area contributed by atoms with Gasteiger partial charge in [-0.15, -0.1) is 0 Å². The summed E-state index contributed by atoms with van der Waals surface area (Å²) in [5.74, 6) is 2.25. The van der Waals surface area contributed by atoms with Gasteiger partial charge in [0.05, 0.1) is 0 Å². The third kappa shape index (κ3) is 5.29. The van der Waals surface area contributed by atoms with Gasteiger partial charge in [-0.2, -0.15) is 0 Å². The Kier molecular flexibility index (Phi) is 5.66. The number of aryl methyl sites for hydroxylation is 2. The van der Waals surface area contributed by atoms with E-state index in [1.54, 1.807) is 6.20 Å². The zero-order valence-electron chi connectivity index (χ0n) is 13.6. The molecular formula is C16H23N5O. The van der Waals surface area contributed by atoms with Crippen molar-refractivity contribution in [2.75, 3.05) is 32.6 Å². The number of hydrogen-bond acceptors (Lipinski definition) is 6. The second kappa shape index (κ2) is 7.70. The van der Waals surface area contributed by atoms with Crippen LogP contribution in [0.2, 0.25) is 0 Å². The lowest BCUT2D eigenvalue weighted by Crippen LogP contribution is -2.19. The first-order chi connectivity index (χ1) is 10.5. The molecule has 0 saturated carbocycles. The van der Waals surface area contributed by atoms with Crippen LogP contribution in [0.4, 0.5) is 5.82 Å². The van der Waals surface area contributed by atoms with E-state index in [0.717, 1.165) is 29.4 Å². The molecule has 1 N–H and O–H groups in total. The second-order valence-corrected chi connectivity index (χ2v) is 5.45. The van der Waals surface area contributed by atoms with Gasteiger partial charge in [0.15, 0.2) is 0 Å². The van der Waals surface area contributed by atoms with Crippen LogP contribution >= 0.6 is 0 Å². The van der Waals surface area contributed by atoms with Gasteiger partial charge in [0, 0.05) is 37.1 Å². The molecule has 0 unspecified atom stereocenters. The van der Waals surface area contributed by atoms with E-state index in [2.05, 4.69) is 25.2 Å². The summed E-state index contributed by atoms with van der Waals surface area (Å²) in [7, 11) is 4.03. The fourth-order valence-corrected chi connectivity index (χ4v) is 1.97. The van der Waals surface area contributed by atoms with E-state index < -0.39 is 0 Å². The van der Waals surface area contributed by atoms with Gasteiger partial charge in [-0.1, -0.05) is 0 Å². The van der Waals surface area contributed by atoms with E-state index in [0.29, 0.717) is 19.0 Å². The fourth-order valence-electron chi connectivity index (χ4n) is 1.97. The van der Waals surface area contributed by atoms with Crippen molar-refractivity contribution in [3.05, 3.63) is 41.5 Å². The van der Waals surface area contributed by atoms with Gasteiger partial charge < -0.3 is 15.0 Å². The van der Waals surface area contributed by atoms with Crippen LogP contribution in [0.25, 0.3) is 0 Å². The van der Waals surface area contributed by atoms with Crippen molar-refractivity contribution in [2.45, 2.75) is 20.4 Å². The Morgan fingerprint density at radius 1 is 1.18 bits per heavy atom. The summed E-state index contributed by atoms with van der Waals surface area (Å²) in [6.07, 6.45) is 1.76. The minimum absolute atomic E-state index is 0.626. The molecule has 0 aromatic carbocycles. The van der Waals surface area contributed by atoms with E-state index in [-0.39, 0.29) is 0 Å². The first-order valence-corrected chi connectivity index (χ1v) is 7.31. The average Bonchev–Trinajstić information content (AvgIpc) is 2.44. The van der Waals surface area contributed by atoms with Gasteiger partial charge in [-0.05, 0) is 39.6 Å². The first kappa shape index (κ1) is 16.2. The average molecular weight is 301 g/mol. The molecule has 0 aliphatic heterocycles. The Morgan fingerprint density at radius 2 is 2.00 bits per heavy atom. The van der Waals surface area contributed by atoms with Crippen LogP contribution in [0.15, 0.2) is 24.4 Å². The van der Waals surface area contributed by atoms with Crippen molar-refractivity contribution in [3.8, 4) is 5.88 Å². The molecule has 2 rings (SSSR count). The Balaban J connectivity index is 1.92. The molecular weight excluding hydrogens is 278 g/mol. The second-order valence-electron chi connectivity index (χ2n) is 5.45. The number of nitrogens with one attached hydrogen (secondary N) is 1. The zero-order chi connectivity index (χ0) is 15.9. The molecule has 2 heterocycles. The summed E-state index contributed by atoms with van der Waals surface area (Å²) in [6.45, 7) is 6.01. The molecule has 2 aromatic heterocycles. The third-order valence-electron chi connectivity index (χ3n) is 3.03. The summed E-state index contributed by atoms with van der Waals surface area (Å²) in [4.78, 5) is 14.9. The minimum atomic E-state index is 0.626. The summed E-state index contributed by atoms with van der Waals surface area (Å²) in [5.41, 5.74) is 2.06. The first-order valence-electron chi connectivity index (χ1n) is 7.31. The molecule has 0 saturated heterocycles. The van der Waals surface area contributed by atoms with Crippen LogP contribution in [0.1, 0.15) is 17.1 Å². The van der Waals surface area contributed by atoms with Crippen LogP contribution in [0, 0.1) is 13.8 Å². The fraction of sp³-hybridized carbons (Fsp3) is 0.438. The van der Waals surface area contributed by atoms with E-state index in [9.17, 15) is 0 Å². The SMILES string of the molecule is Cc1cc(NCc2ccnc(OCCN(C)C)c2)nc(C)n1. The highest BCUT2D eigenvalue weighted by atomic mass is 16.5. The van der Waals surface area contributed by atoms with Gasteiger partial charge in [0.25, 0.3) is 0 Å². The Bertz CT molecular complexity index is 595. The summed E-state index contributed by atoms with van der Waals surface area (Å²) < 4.78 is 5.64. The maximum Gasteiger partial charge on any atom is 0.213 e. The molecule has 6 heteroatoms. The molecule has 118 valence electrons. The summed E-state index contributed by atoms with van der Waals surface area (Å²) >= 11 is 0. The van der Waals surface area contributed by atoms with Crippen LogP contribution in [0.5, 0.6) is 5.88 Å². The van der Waals surface area contributed by atoms with Crippen LogP contribution in [0.3, 0.4) is 0 Å². The Morgan fingerprint density at radius 3 is 2.73 bits per heavy atom. The van der Waals surface area contributed by atoms with Gasteiger partial charge >= 0.3 is 0 Å². The standard InChI is InChI=1S/C16H23N5O/c1-12-9-15(20-13(2)19-12)18-11-14-5-6-17-16(10-14)22-8-7-21(3)4/h5-6,9-10H,7-8,11H2,1-4H3,(H,18,19,20). The molecule has 22 heavy (non-hydrogen) atoms. The van der Waals surface area contributed by atoms with Gasteiger partial charge in [0.2, 0.25) is 5.88 Å². The quantitative estimate of drug-likeness (QED) is 0.844. The van der Waals surface area contributed by atoms with E-state index in [1.807, 2.05) is 46.1 Å². The molecule has 0 aliphatic rings. The monoisotopic (exact) mass is 301 g/mol. The topological polar surface area (TPSA) is 63.2 Å². The van der Waals surface area contributed by atoms with E-state index in [1.165, 1.54) is 0 Å². The number of rotatable bonds is 7. The number of pyridine rings is 1. The number of hydrogen-bond donors (Lipinski definition) is 1. The lowest BCUT2D eigenvalue weighted by molar-refractivity contribution is 0.253. The van der Waals surface area contributed by atoms with Crippen LogP contribution in [-0.4, -0.2) is 47.1 Å². The Labute approximate surface area is 131 Å².